The highest BCUT2D eigenvalue weighted by Gasteiger charge is 2.35. The first-order chi connectivity index (χ1) is 14.4. The van der Waals surface area contributed by atoms with Gasteiger partial charge in [0.15, 0.2) is 4.90 Å². The lowest BCUT2D eigenvalue weighted by atomic mass is 10.1. The maximum atomic E-state index is 14.3. The summed E-state index contributed by atoms with van der Waals surface area (Å²) in [6.07, 6.45) is 0. The lowest BCUT2D eigenvalue weighted by Gasteiger charge is -2.38. The Kier molecular flexibility index (Phi) is 5.34. The smallest absolute Gasteiger partial charge is 0.270 e. The number of nitrogens with zero attached hydrogens (tertiary/aromatic N) is 2. The molecule has 0 saturated heterocycles. The molecule has 1 aliphatic heterocycles. The summed E-state index contributed by atoms with van der Waals surface area (Å²) < 4.78 is 61.4. The number of anilines is 2. The zero-order valence-corrected chi connectivity index (χ0v) is 17.1. The Morgan fingerprint density at radius 3 is 2.27 bits per heavy atom. The first-order valence-electron chi connectivity index (χ1n) is 9.35. The fourth-order valence-electron chi connectivity index (χ4n) is 3.60. The van der Waals surface area contributed by atoms with E-state index in [-0.39, 0.29) is 6.54 Å². The third-order valence-corrected chi connectivity index (χ3v) is 6.91. The van der Waals surface area contributed by atoms with Gasteiger partial charge < -0.3 is 9.64 Å². The van der Waals surface area contributed by atoms with E-state index in [4.69, 9.17) is 4.74 Å². The van der Waals surface area contributed by atoms with Gasteiger partial charge in [0.1, 0.15) is 17.4 Å². The Labute approximate surface area is 174 Å². The van der Waals surface area contributed by atoms with Gasteiger partial charge in [-0.3, -0.25) is 4.31 Å². The predicted molar refractivity (Wildman–Crippen MR) is 111 cm³/mol. The number of rotatable bonds is 5. The Hall–Kier alpha value is -3.13. The summed E-state index contributed by atoms with van der Waals surface area (Å²) in [4.78, 5) is 1.08. The van der Waals surface area contributed by atoms with Crippen LogP contribution in [0.4, 0.5) is 20.2 Å². The van der Waals surface area contributed by atoms with Crippen LogP contribution < -0.4 is 13.9 Å². The Morgan fingerprint density at radius 2 is 1.60 bits per heavy atom. The maximum Gasteiger partial charge on any atom is 0.270 e. The van der Waals surface area contributed by atoms with Crippen molar-refractivity contribution in [2.24, 2.45) is 0 Å². The number of ether oxygens (including phenoxy) is 1. The minimum atomic E-state index is -4.44. The molecule has 5 nitrogen and oxygen atoms in total. The number of benzene rings is 3. The second kappa shape index (κ2) is 7.95. The van der Waals surface area contributed by atoms with E-state index < -0.39 is 26.6 Å². The standard InChI is InChI=1S/C22H20F2N2O3S/c1-29-17-10-11-20-21(14-17)25(15-16-6-3-2-4-7-16)12-13-26(20)30(27,28)22-18(23)8-5-9-19(22)24/h2-11,14H,12-13,15H2,1H3. The van der Waals surface area contributed by atoms with Crippen molar-refractivity contribution in [3.8, 4) is 5.75 Å². The van der Waals surface area contributed by atoms with Crippen molar-refractivity contribution in [2.45, 2.75) is 11.4 Å². The summed E-state index contributed by atoms with van der Waals surface area (Å²) in [5, 5.41) is 0. The van der Waals surface area contributed by atoms with Crippen molar-refractivity contribution < 1.29 is 21.9 Å². The molecular formula is C22H20F2N2O3S. The average Bonchev–Trinajstić information content (AvgIpc) is 2.74. The van der Waals surface area contributed by atoms with Gasteiger partial charge in [-0.25, -0.2) is 17.2 Å². The van der Waals surface area contributed by atoms with Crippen LogP contribution in [-0.2, 0) is 16.6 Å². The lowest BCUT2D eigenvalue weighted by Crippen LogP contribution is -2.44. The molecule has 0 saturated carbocycles. The van der Waals surface area contributed by atoms with Gasteiger partial charge in [0.25, 0.3) is 10.0 Å². The molecule has 30 heavy (non-hydrogen) atoms. The number of halogens is 2. The highest BCUT2D eigenvalue weighted by atomic mass is 32.2. The van der Waals surface area contributed by atoms with Gasteiger partial charge in [0, 0.05) is 19.2 Å². The molecule has 0 aliphatic carbocycles. The van der Waals surface area contributed by atoms with Gasteiger partial charge >= 0.3 is 0 Å². The lowest BCUT2D eigenvalue weighted by molar-refractivity contribution is 0.414. The Balaban J connectivity index is 1.79. The van der Waals surface area contributed by atoms with Crippen LogP contribution in [0.3, 0.4) is 0 Å². The molecule has 0 aromatic heterocycles. The maximum absolute atomic E-state index is 14.3. The molecule has 8 heteroatoms. The zero-order valence-electron chi connectivity index (χ0n) is 16.3. The summed E-state index contributed by atoms with van der Waals surface area (Å²) in [5.41, 5.74) is 2.02. The summed E-state index contributed by atoms with van der Waals surface area (Å²) in [6.45, 7) is 0.968. The molecule has 0 unspecified atom stereocenters. The van der Waals surface area contributed by atoms with Crippen molar-refractivity contribution >= 4 is 21.4 Å². The molecular weight excluding hydrogens is 410 g/mol. The number of fused-ring (bicyclic) bond motifs is 1. The van der Waals surface area contributed by atoms with Crippen LogP contribution >= 0.6 is 0 Å². The van der Waals surface area contributed by atoms with E-state index in [9.17, 15) is 17.2 Å². The highest BCUT2D eigenvalue weighted by molar-refractivity contribution is 7.92. The SMILES string of the molecule is COc1ccc2c(c1)N(Cc1ccccc1)CCN2S(=O)(=O)c1c(F)cccc1F. The monoisotopic (exact) mass is 430 g/mol. The van der Waals surface area contributed by atoms with Crippen LogP contribution in [0.1, 0.15) is 5.56 Å². The minimum Gasteiger partial charge on any atom is -0.497 e. The van der Waals surface area contributed by atoms with E-state index >= 15 is 0 Å². The van der Waals surface area contributed by atoms with Crippen LogP contribution in [-0.4, -0.2) is 28.6 Å². The third kappa shape index (κ3) is 3.59. The predicted octanol–water partition coefficient (Wildman–Crippen LogP) is 4.19. The number of methoxy groups -OCH3 is 1. The molecule has 156 valence electrons. The van der Waals surface area contributed by atoms with Gasteiger partial charge in [-0.1, -0.05) is 36.4 Å². The van der Waals surface area contributed by atoms with Crippen LogP contribution in [0.5, 0.6) is 5.75 Å². The molecule has 4 rings (SSSR count). The van der Waals surface area contributed by atoms with Crippen molar-refractivity contribution in [1.29, 1.82) is 0 Å². The quantitative estimate of drug-likeness (QED) is 0.609. The Morgan fingerprint density at radius 1 is 0.900 bits per heavy atom. The summed E-state index contributed by atoms with van der Waals surface area (Å²) in [6, 6.07) is 17.7. The largest absolute Gasteiger partial charge is 0.497 e. The summed E-state index contributed by atoms with van der Waals surface area (Å²) >= 11 is 0. The van der Waals surface area contributed by atoms with Crippen LogP contribution in [0, 0.1) is 11.6 Å². The first-order valence-corrected chi connectivity index (χ1v) is 10.8. The second-order valence-electron chi connectivity index (χ2n) is 6.89. The molecule has 0 fully saturated rings. The van der Waals surface area contributed by atoms with E-state index in [1.807, 2.05) is 35.2 Å². The zero-order chi connectivity index (χ0) is 21.3. The van der Waals surface area contributed by atoms with Gasteiger partial charge in [-0.15, -0.1) is 0 Å². The van der Waals surface area contributed by atoms with Crippen LogP contribution in [0.15, 0.2) is 71.6 Å². The third-order valence-electron chi connectivity index (χ3n) is 5.05. The fraction of sp³-hybridized carbons (Fsp3) is 0.182. The molecule has 3 aromatic carbocycles. The molecule has 0 N–H and O–H groups in total. The van der Waals surface area contributed by atoms with E-state index in [1.54, 1.807) is 18.2 Å². The molecule has 0 amide bonds. The van der Waals surface area contributed by atoms with Gasteiger partial charge in [-0.05, 0) is 29.8 Å². The average molecular weight is 430 g/mol. The molecule has 0 atom stereocenters. The normalized spacial score (nSPS) is 13.8. The van der Waals surface area contributed by atoms with Crippen molar-refractivity contribution in [1.82, 2.24) is 0 Å². The number of sulfonamides is 1. The van der Waals surface area contributed by atoms with Gasteiger partial charge in [0.2, 0.25) is 0 Å². The van der Waals surface area contributed by atoms with E-state index in [0.717, 1.165) is 28.1 Å². The fourth-order valence-corrected chi connectivity index (χ4v) is 5.19. The Bertz CT molecular complexity index is 1150. The minimum absolute atomic E-state index is 0.0578. The number of hydrogen-bond acceptors (Lipinski definition) is 4. The van der Waals surface area contributed by atoms with Crippen LogP contribution in [0.25, 0.3) is 0 Å². The molecule has 0 bridgehead atoms. The molecule has 3 aromatic rings. The van der Waals surface area contributed by atoms with E-state index in [2.05, 4.69) is 0 Å². The van der Waals surface area contributed by atoms with Crippen molar-refractivity contribution in [3.63, 3.8) is 0 Å². The highest BCUT2D eigenvalue weighted by Crippen LogP contribution is 2.40. The second-order valence-corrected chi connectivity index (χ2v) is 8.69. The van der Waals surface area contributed by atoms with Crippen molar-refractivity contribution in [3.05, 3.63) is 83.9 Å². The topological polar surface area (TPSA) is 49.9 Å². The first kappa shape index (κ1) is 20.2. The summed E-state index contributed by atoms with van der Waals surface area (Å²) in [7, 11) is -2.91. The molecule has 0 spiro atoms. The van der Waals surface area contributed by atoms with E-state index in [1.165, 1.54) is 7.11 Å². The van der Waals surface area contributed by atoms with Crippen LogP contribution in [0.2, 0.25) is 0 Å². The molecule has 1 aliphatic rings. The van der Waals surface area contributed by atoms with E-state index in [0.29, 0.717) is 30.2 Å². The summed E-state index contributed by atoms with van der Waals surface area (Å²) in [5.74, 6) is -1.67. The van der Waals surface area contributed by atoms with Gasteiger partial charge in [0.05, 0.1) is 25.0 Å². The molecule has 0 radical (unpaired) electrons. The van der Waals surface area contributed by atoms with Gasteiger partial charge in [-0.2, -0.15) is 0 Å². The van der Waals surface area contributed by atoms with Crippen molar-refractivity contribution in [2.75, 3.05) is 29.4 Å². The number of hydrogen-bond donors (Lipinski definition) is 0. The molecule has 1 heterocycles.